The van der Waals surface area contributed by atoms with Gasteiger partial charge in [0.05, 0.1) is 13.7 Å². The van der Waals surface area contributed by atoms with Crippen LogP contribution in [-0.2, 0) is 11.2 Å². The van der Waals surface area contributed by atoms with Gasteiger partial charge in [0.15, 0.2) is 0 Å². The molecule has 0 bridgehead atoms. The van der Waals surface area contributed by atoms with Gasteiger partial charge in [0.1, 0.15) is 36.3 Å². The Kier molecular flexibility index (Phi) is 6.35. The molecule has 6 nitrogen and oxygen atoms in total. The monoisotopic (exact) mass is 384 g/mol. The first-order chi connectivity index (χ1) is 13.5. The van der Waals surface area contributed by atoms with Gasteiger partial charge in [-0.05, 0) is 41.0 Å². The van der Waals surface area contributed by atoms with Crippen LogP contribution in [0.25, 0.3) is 0 Å². The molecule has 1 aliphatic heterocycles. The first-order valence-corrected chi connectivity index (χ1v) is 9.01. The molecule has 0 radical (unpaired) electrons. The zero-order valence-corrected chi connectivity index (χ0v) is 15.5. The molecule has 28 heavy (non-hydrogen) atoms. The second-order valence-electron chi connectivity index (χ2n) is 6.84. The van der Waals surface area contributed by atoms with E-state index in [2.05, 4.69) is 5.92 Å². The highest BCUT2D eigenvalue weighted by molar-refractivity contribution is 5.43. The third-order valence-corrected chi connectivity index (χ3v) is 5.04. The maximum atomic E-state index is 10.4. The average Bonchev–Trinajstić information content (AvgIpc) is 2.73. The summed E-state index contributed by atoms with van der Waals surface area (Å²) in [6, 6.07) is 12.9. The van der Waals surface area contributed by atoms with Gasteiger partial charge in [-0.3, -0.25) is 0 Å². The van der Waals surface area contributed by atoms with E-state index >= 15 is 0 Å². The fraction of sp³-hybridized carbons (Fsp3) is 0.364. The fourth-order valence-electron chi connectivity index (χ4n) is 3.43. The Morgan fingerprint density at radius 1 is 1.04 bits per heavy atom. The lowest BCUT2D eigenvalue weighted by atomic mass is 9.90. The van der Waals surface area contributed by atoms with Crippen LogP contribution < -0.4 is 4.74 Å². The minimum atomic E-state index is -1.42. The molecule has 1 aliphatic rings. The van der Waals surface area contributed by atoms with E-state index in [0.717, 1.165) is 16.7 Å². The number of benzene rings is 2. The Bertz CT molecular complexity index is 839. The number of methoxy groups -OCH3 is 1. The Morgan fingerprint density at radius 2 is 1.75 bits per heavy atom. The summed E-state index contributed by atoms with van der Waals surface area (Å²) in [5.74, 6) is 3.26. The lowest BCUT2D eigenvalue weighted by Crippen LogP contribution is -2.55. The van der Waals surface area contributed by atoms with Gasteiger partial charge in [-0.15, -0.1) is 6.42 Å². The molecule has 0 spiro atoms. The molecular weight excluding hydrogens is 360 g/mol. The van der Waals surface area contributed by atoms with Gasteiger partial charge in [0.25, 0.3) is 0 Å². The van der Waals surface area contributed by atoms with Crippen molar-refractivity contribution in [1.82, 2.24) is 0 Å². The average molecular weight is 384 g/mol. The molecule has 1 heterocycles. The van der Waals surface area contributed by atoms with Crippen LogP contribution in [0.4, 0.5) is 0 Å². The predicted molar refractivity (Wildman–Crippen MR) is 103 cm³/mol. The zero-order chi connectivity index (χ0) is 20.3. The maximum absolute atomic E-state index is 10.4. The first-order valence-electron chi connectivity index (χ1n) is 9.01. The lowest BCUT2D eigenvalue weighted by molar-refractivity contribution is -0.231. The molecule has 1 unspecified atom stereocenters. The summed E-state index contributed by atoms with van der Waals surface area (Å²) in [4.78, 5) is 0. The van der Waals surface area contributed by atoms with Crippen LogP contribution in [0.2, 0.25) is 0 Å². The number of hydrogen-bond acceptors (Lipinski definition) is 6. The van der Waals surface area contributed by atoms with Crippen LogP contribution in [0.15, 0.2) is 42.5 Å². The lowest BCUT2D eigenvalue weighted by Gasteiger charge is -2.40. The van der Waals surface area contributed by atoms with Gasteiger partial charge >= 0.3 is 0 Å². The highest BCUT2D eigenvalue weighted by atomic mass is 16.5. The van der Waals surface area contributed by atoms with E-state index < -0.39 is 37.1 Å². The fourth-order valence-corrected chi connectivity index (χ4v) is 3.43. The second-order valence-corrected chi connectivity index (χ2v) is 6.84. The van der Waals surface area contributed by atoms with Crippen molar-refractivity contribution in [2.45, 2.75) is 36.9 Å². The Labute approximate surface area is 164 Å². The molecule has 0 aromatic heterocycles. The summed E-state index contributed by atoms with van der Waals surface area (Å²) in [7, 11) is 1.58. The van der Waals surface area contributed by atoms with Crippen LogP contribution >= 0.6 is 0 Å². The maximum Gasteiger partial charge on any atom is 0.122 e. The van der Waals surface area contributed by atoms with Gasteiger partial charge < -0.3 is 29.9 Å². The summed E-state index contributed by atoms with van der Waals surface area (Å²) >= 11 is 0. The molecule has 148 valence electrons. The number of ether oxygens (including phenoxy) is 2. The molecule has 2 aromatic rings. The smallest absolute Gasteiger partial charge is 0.122 e. The van der Waals surface area contributed by atoms with Crippen LogP contribution in [0.1, 0.15) is 28.4 Å². The standard InChI is InChI=1S/C22H24O6/c1-3-13-4-6-14(7-5-13)10-16-11-15(8-9-17(16)27-2)22-21(26)20(25)19(24)18(12-23)28-22/h1,4-9,11,18-26H,10,12H2,2H3/t18-,19-,20+,21?,22+/m1/s1. The molecule has 2 aromatic carbocycles. The van der Waals surface area contributed by atoms with E-state index in [1.165, 1.54) is 0 Å². The molecule has 3 rings (SSSR count). The summed E-state index contributed by atoms with van der Waals surface area (Å²) in [6.07, 6.45) is -0.00562. The van der Waals surface area contributed by atoms with Crippen molar-refractivity contribution < 1.29 is 29.9 Å². The minimum absolute atomic E-state index is 0.466. The van der Waals surface area contributed by atoms with E-state index in [1.54, 1.807) is 19.2 Å². The molecule has 6 heteroatoms. The quantitative estimate of drug-likeness (QED) is 0.569. The molecule has 0 amide bonds. The molecular formula is C22H24O6. The van der Waals surface area contributed by atoms with Crippen molar-refractivity contribution in [3.05, 3.63) is 64.7 Å². The van der Waals surface area contributed by atoms with Crippen molar-refractivity contribution in [1.29, 1.82) is 0 Å². The largest absolute Gasteiger partial charge is 0.496 e. The number of aliphatic hydroxyl groups excluding tert-OH is 4. The van der Waals surface area contributed by atoms with Crippen molar-refractivity contribution >= 4 is 0 Å². The second kappa shape index (κ2) is 8.74. The molecule has 0 saturated carbocycles. The normalized spacial score (nSPS) is 27.2. The molecule has 1 saturated heterocycles. The number of hydrogen-bond donors (Lipinski definition) is 4. The van der Waals surface area contributed by atoms with Crippen LogP contribution in [0, 0.1) is 12.3 Å². The molecule has 5 atom stereocenters. The number of terminal acetylenes is 1. The van der Waals surface area contributed by atoms with E-state index in [-0.39, 0.29) is 0 Å². The van der Waals surface area contributed by atoms with E-state index in [9.17, 15) is 20.4 Å². The van der Waals surface area contributed by atoms with Crippen LogP contribution in [0.5, 0.6) is 5.75 Å². The first kappa shape index (κ1) is 20.3. The van der Waals surface area contributed by atoms with Gasteiger partial charge in [0, 0.05) is 12.0 Å². The Morgan fingerprint density at radius 3 is 2.36 bits per heavy atom. The van der Waals surface area contributed by atoms with Gasteiger partial charge in [-0.1, -0.05) is 24.1 Å². The minimum Gasteiger partial charge on any atom is -0.496 e. The summed E-state index contributed by atoms with van der Waals surface area (Å²) in [5.41, 5.74) is 3.31. The van der Waals surface area contributed by atoms with Crippen molar-refractivity contribution in [3.8, 4) is 18.1 Å². The van der Waals surface area contributed by atoms with Crippen LogP contribution in [0.3, 0.4) is 0 Å². The van der Waals surface area contributed by atoms with Gasteiger partial charge in [-0.25, -0.2) is 0 Å². The van der Waals surface area contributed by atoms with Gasteiger partial charge in [-0.2, -0.15) is 0 Å². The van der Waals surface area contributed by atoms with E-state index in [1.807, 2.05) is 30.3 Å². The SMILES string of the molecule is C#Cc1ccc(Cc2cc([C@@H]3O[C@H](CO)[C@@H](O)[C@H](O)C3O)ccc2OC)cc1. The Balaban J connectivity index is 1.90. The highest BCUT2D eigenvalue weighted by Gasteiger charge is 2.44. The van der Waals surface area contributed by atoms with Crippen LogP contribution in [-0.4, -0.2) is 58.6 Å². The summed E-state index contributed by atoms with van der Waals surface area (Å²) in [6.45, 7) is -0.466. The van der Waals surface area contributed by atoms with E-state index in [4.69, 9.17) is 15.9 Å². The number of rotatable bonds is 5. The van der Waals surface area contributed by atoms with Crippen molar-refractivity contribution in [2.24, 2.45) is 0 Å². The Hall–Kier alpha value is -2.40. The number of aliphatic hydroxyl groups is 4. The molecule has 1 fully saturated rings. The topological polar surface area (TPSA) is 99.4 Å². The summed E-state index contributed by atoms with van der Waals surface area (Å²) < 4.78 is 11.1. The highest BCUT2D eigenvalue weighted by Crippen LogP contribution is 2.35. The summed E-state index contributed by atoms with van der Waals surface area (Å²) in [5, 5.41) is 39.8. The van der Waals surface area contributed by atoms with Crippen molar-refractivity contribution in [2.75, 3.05) is 13.7 Å². The van der Waals surface area contributed by atoms with Crippen molar-refractivity contribution in [3.63, 3.8) is 0 Å². The third kappa shape index (κ3) is 4.04. The zero-order valence-electron chi connectivity index (χ0n) is 15.5. The predicted octanol–water partition coefficient (Wildman–Crippen LogP) is 0.782. The third-order valence-electron chi connectivity index (χ3n) is 5.04. The van der Waals surface area contributed by atoms with Gasteiger partial charge in [0.2, 0.25) is 0 Å². The molecule has 4 N–H and O–H groups in total. The molecule has 0 aliphatic carbocycles. The van der Waals surface area contributed by atoms with E-state index in [0.29, 0.717) is 17.7 Å².